The zero-order valence-electron chi connectivity index (χ0n) is 15.2. The Labute approximate surface area is 168 Å². The topological polar surface area (TPSA) is 101 Å². The van der Waals surface area contributed by atoms with Gasteiger partial charge in [-0.1, -0.05) is 23.7 Å². The van der Waals surface area contributed by atoms with Crippen molar-refractivity contribution in [2.75, 3.05) is 13.2 Å². The SMILES string of the molecule is O=C(NCCO)c1cccc(CNC(=O)c2cnccc2O[C@H](Cl)C2CC2)c1. The van der Waals surface area contributed by atoms with Crippen molar-refractivity contribution in [1.82, 2.24) is 15.6 Å². The number of aliphatic hydroxyl groups excluding tert-OH is 1. The van der Waals surface area contributed by atoms with Gasteiger partial charge in [0, 0.05) is 37.0 Å². The number of amides is 2. The summed E-state index contributed by atoms with van der Waals surface area (Å²) in [6.07, 6.45) is 5.06. The van der Waals surface area contributed by atoms with Crippen molar-refractivity contribution >= 4 is 23.4 Å². The van der Waals surface area contributed by atoms with E-state index in [9.17, 15) is 9.59 Å². The Kier molecular flexibility index (Phi) is 6.84. The minimum atomic E-state index is -0.455. The Morgan fingerprint density at radius 2 is 2.07 bits per heavy atom. The third kappa shape index (κ3) is 5.43. The van der Waals surface area contributed by atoms with Gasteiger partial charge in [0.2, 0.25) is 0 Å². The van der Waals surface area contributed by atoms with E-state index in [1.54, 1.807) is 30.5 Å². The summed E-state index contributed by atoms with van der Waals surface area (Å²) in [4.78, 5) is 28.6. The van der Waals surface area contributed by atoms with Crippen LogP contribution >= 0.6 is 11.6 Å². The smallest absolute Gasteiger partial charge is 0.256 e. The molecule has 28 heavy (non-hydrogen) atoms. The van der Waals surface area contributed by atoms with E-state index in [0.29, 0.717) is 22.8 Å². The molecule has 1 aromatic carbocycles. The molecule has 2 aromatic rings. The molecule has 148 valence electrons. The highest BCUT2D eigenvalue weighted by molar-refractivity contribution is 6.20. The van der Waals surface area contributed by atoms with Gasteiger partial charge in [-0.25, -0.2) is 0 Å². The molecule has 0 aliphatic heterocycles. The lowest BCUT2D eigenvalue weighted by Gasteiger charge is -2.15. The Morgan fingerprint density at radius 3 is 2.82 bits per heavy atom. The van der Waals surface area contributed by atoms with Gasteiger partial charge in [0.1, 0.15) is 5.75 Å². The summed E-state index contributed by atoms with van der Waals surface area (Å²) in [5, 5.41) is 14.2. The molecule has 3 N–H and O–H groups in total. The number of carbonyl (C=O) groups excluding carboxylic acids is 2. The molecule has 7 nitrogen and oxygen atoms in total. The van der Waals surface area contributed by atoms with Crippen LogP contribution in [0.3, 0.4) is 0 Å². The van der Waals surface area contributed by atoms with E-state index in [1.165, 1.54) is 6.20 Å². The quantitative estimate of drug-likeness (QED) is 0.556. The number of halogens is 1. The van der Waals surface area contributed by atoms with E-state index in [1.807, 2.05) is 6.07 Å². The number of rotatable bonds is 9. The molecule has 1 atom stereocenters. The van der Waals surface area contributed by atoms with Gasteiger partial charge in [-0.05, 0) is 36.6 Å². The second-order valence-electron chi connectivity index (χ2n) is 6.54. The Bertz CT molecular complexity index is 842. The highest BCUT2D eigenvalue weighted by Crippen LogP contribution is 2.37. The molecule has 1 aliphatic carbocycles. The molecule has 0 spiro atoms. The van der Waals surface area contributed by atoms with Gasteiger partial charge in [0.25, 0.3) is 11.8 Å². The zero-order chi connectivity index (χ0) is 19.9. The fraction of sp³-hybridized carbons (Fsp3) is 0.350. The third-order valence-electron chi connectivity index (χ3n) is 4.30. The van der Waals surface area contributed by atoms with Crippen LogP contribution in [0.25, 0.3) is 0 Å². The average Bonchev–Trinajstić information content (AvgIpc) is 3.56. The molecule has 2 amide bonds. The molecule has 1 heterocycles. The van der Waals surface area contributed by atoms with E-state index in [-0.39, 0.29) is 31.5 Å². The predicted molar refractivity (Wildman–Crippen MR) is 104 cm³/mol. The van der Waals surface area contributed by atoms with Crippen LogP contribution in [-0.2, 0) is 6.54 Å². The molecular formula is C20H22ClN3O4. The Morgan fingerprint density at radius 1 is 1.25 bits per heavy atom. The van der Waals surface area contributed by atoms with Gasteiger partial charge < -0.3 is 20.5 Å². The lowest BCUT2D eigenvalue weighted by atomic mass is 10.1. The van der Waals surface area contributed by atoms with E-state index in [2.05, 4.69) is 15.6 Å². The monoisotopic (exact) mass is 403 g/mol. The van der Waals surface area contributed by atoms with Gasteiger partial charge in [0.15, 0.2) is 5.56 Å². The molecule has 0 saturated heterocycles. The maximum Gasteiger partial charge on any atom is 0.256 e. The first-order valence-corrected chi connectivity index (χ1v) is 9.53. The van der Waals surface area contributed by atoms with Gasteiger partial charge in [-0.3, -0.25) is 14.6 Å². The number of nitrogens with zero attached hydrogens (tertiary/aromatic N) is 1. The van der Waals surface area contributed by atoms with Crippen molar-refractivity contribution in [2.45, 2.75) is 24.9 Å². The van der Waals surface area contributed by atoms with Crippen LogP contribution in [0.15, 0.2) is 42.7 Å². The van der Waals surface area contributed by atoms with Crippen molar-refractivity contribution < 1.29 is 19.4 Å². The first-order valence-electron chi connectivity index (χ1n) is 9.09. The highest BCUT2D eigenvalue weighted by atomic mass is 35.5. The Hall–Kier alpha value is -2.64. The van der Waals surface area contributed by atoms with Crippen LogP contribution < -0.4 is 15.4 Å². The summed E-state index contributed by atoms with van der Waals surface area (Å²) in [6.45, 7) is 0.300. The Balaban J connectivity index is 1.62. The number of nitrogens with one attached hydrogen (secondary N) is 2. The van der Waals surface area contributed by atoms with Gasteiger partial charge in [-0.15, -0.1) is 0 Å². The summed E-state index contributed by atoms with van der Waals surface area (Å²) < 4.78 is 5.72. The van der Waals surface area contributed by atoms with E-state index in [0.717, 1.165) is 18.4 Å². The lowest BCUT2D eigenvalue weighted by molar-refractivity contribution is 0.0939. The predicted octanol–water partition coefficient (Wildman–Crippen LogP) is 2.09. The summed E-state index contributed by atoms with van der Waals surface area (Å²) in [5.41, 5.74) is 1.08. The number of aliphatic hydroxyl groups is 1. The molecule has 0 radical (unpaired) electrons. The maximum atomic E-state index is 12.6. The second kappa shape index (κ2) is 9.52. The van der Waals surface area contributed by atoms with E-state index < -0.39 is 5.56 Å². The van der Waals surface area contributed by atoms with Crippen LogP contribution in [0.2, 0.25) is 0 Å². The minimum Gasteiger partial charge on any atom is -0.473 e. The normalized spacial score (nSPS) is 14.2. The molecule has 0 bridgehead atoms. The standard InChI is InChI=1S/C20H22ClN3O4/c21-18(14-4-5-14)28-17-6-7-22-12-16(17)20(27)24-11-13-2-1-3-15(10-13)19(26)23-8-9-25/h1-3,6-7,10,12,14,18,25H,4-5,8-9,11H2,(H,23,26)(H,24,27)/t18-/m0/s1. The van der Waals surface area contributed by atoms with Gasteiger partial charge >= 0.3 is 0 Å². The molecule has 3 rings (SSSR count). The fourth-order valence-electron chi connectivity index (χ4n) is 2.60. The third-order valence-corrected chi connectivity index (χ3v) is 4.74. The highest BCUT2D eigenvalue weighted by Gasteiger charge is 2.32. The summed E-state index contributed by atoms with van der Waals surface area (Å²) in [5.74, 6) is 0.110. The van der Waals surface area contributed by atoms with Crippen molar-refractivity contribution in [3.05, 3.63) is 59.4 Å². The summed E-state index contributed by atoms with van der Waals surface area (Å²) in [6, 6.07) is 8.53. The molecule has 1 aliphatic rings. The zero-order valence-corrected chi connectivity index (χ0v) is 16.0. The molecule has 1 aromatic heterocycles. The van der Waals surface area contributed by atoms with Crippen molar-refractivity contribution in [2.24, 2.45) is 5.92 Å². The summed E-state index contributed by atoms with van der Waals surface area (Å²) >= 11 is 6.22. The number of hydrogen-bond donors (Lipinski definition) is 3. The number of ether oxygens (including phenoxy) is 1. The van der Waals surface area contributed by atoms with Crippen LogP contribution in [0.5, 0.6) is 5.75 Å². The number of aromatic nitrogens is 1. The molecule has 1 fully saturated rings. The number of pyridine rings is 1. The van der Waals surface area contributed by atoms with E-state index in [4.69, 9.17) is 21.4 Å². The number of benzene rings is 1. The number of carbonyl (C=O) groups is 2. The van der Waals surface area contributed by atoms with Crippen molar-refractivity contribution in [1.29, 1.82) is 0 Å². The first-order chi connectivity index (χ1) is 13.6. The largest absolute Gasteiger partial charge is 0.473 e. The molecule has 1 saturated carbocycles. The van der Waals surface area contributed by atoms with Gasteiger partial charge in [-0.2, -0.15) is 0 Å². The van der Waals surface area contributed by atoms with Crippen molar-refractivity contribution in [3.8, 4) is 5.75 Å². The van der Waals surface area contributed by atoms with Gasteiger partial charge in [0.05, 0.1) is 12.2 Å². The minimum absolute atomic E-state index is 0.124. The maximum absolute atomic E-state index is 12.6. The van der Waals surface area contributed by atoms with Crippen molar-refractivity contribution in [3.63, 3.8) is 0 Å². The van der Waals surface area contributed by atoms with Crippen LogP contribution in [0, 0.1) is 5.92 Å². The first kappa shape index (κ1) is 20.1. The van der Waals surface area contributed by atoms with E-state index >= 15 is 0 Å². The average molecular weight is 404 g/mol. The van der Waals surface area contributed by atoms with Crippen LogP contribution in [-0.4, -0.2) is 40.6 Å². The summed E-state index contributed by atoms with van der Waals surface area (Å²) in [7, 11) is 0. The van der Waals surface area contributed by atoms with Crippen LogP contribution in [0.4, 0.5) is 0 Å². The molecular weight excluding hydrogens is 382 g/mol. The second-order valence-corrected chi connectivity index (χ2v) is 6.97. The fourth-order valence-corrected chi connectivity index (χ4v) is 2.95. The molecule has 8 heteroatoms. The molecule has 0 unspecified atom stereocenters. The number of hydrogen-bond acceptors (Lipinski definition) is 5. The van der Waals surface area contributed by atoms with Crippen LogP contribution in [0.1, 0.15) is 39.1 Å². The lowest BCUT2D eigenvalue weighted by Crippen LogP contribution is -2.27. The number of alkyl halides is 1.